The predicted octanol–water partition coefficient (Wildman–Crippen LogP) is 7.27. The fourth-order valence-electron chi connectivity index (χ4n) is 3.46. The van der Waals surface area contributed by atoms with Gasteiger partial charge in [-0.15, -0.1) is 13.2 Å². The van der Waals surface area contributed by atoms with E-state index in [1.807, 2.05) is 32.9 Å². The fourth-order valence-corrected chi connectivity index (χ4v) is 3.46. The lowest BCUT2D eigenvalue weighted by atomic mass is 10.0. The number of allylic oxidation sites excluding steroid dienone is 8. The van der Waals surface area contributed by atoms with E-state index in [1.165, 1.54) is 6.08 Å². The normalized spacial score (nSPS) is 16.6. The Morgan fingerprint density at radius 2 is 1.94 bits per heavy atom. The highest BCUT2D eigenvalue weighted by molar-refractivity contribution is 6.02. The number of nitrogens with one attached hydrogen (secondary N) is 2. The monoisotopic (exact) mass is 510 g/mol. The van der Waals surface area contributed by atoms with Gasteiger partial charge >= 0.3 is 6.36 Å². The molecule has 0 saturated heterocycles. The summed E-state index contributed by atoms with van der Waals surface area (Å²) < 4.78 is 42.1. The van der Waals surface area contributed by atoms with Gasteiger partial charge in [0.1, 0.15) is 12.4 Å². The Kier molecular flexibility index (Phi) is 12.9. The van der Waals surface area contributed by atoms with Crippen molar-refractivity contribution in [1.82, 2.24) is 5.32 Å². The molecule has 1 amide bonds. The van der Waals surface area contributed by atoms with E-state index in [9.17, 15) is 18.0 Å². The first-order chi connectivity index (χ1) is 16.9. The van der Waals surface area contributed by atoms with Crippen LogP contribution in [0.5, 0.6) is 0 Å². The van der Waals surface area contributed by atoms with Crippen LogP contribution in [-0.2, 0) is 14.4 Å². The molecule has 0 aliphatic heterocycles. The molecule has 36 heavy (non-hydrogen) atoms. The van der Waals surface area contributed by atoms with E-state index < -0.39 is 6.36 Å². The third-order valence-corrected chi connectivity index (χ3v) is 5.57. The molecule has 0 aromatic rings. The van der Waals surface area contributed by atoms with Crippen LogP contribution in [0.3, 0.4) is 0 Å². The van der Waals surface area contributed by atoms with Crippen molar-refractivity contribution in [3.63, 3.8) is 0 Å². The molecule has 0 spiro atoms. The number of ether oxygens (including phenoxy) is 1. The maximum Gasteiger partial charge on any atom is 0.572 e. The van der Waals surface area contributed by atoms with Crippen LogP contribution in [0, 0.1) is 11.4 Å². The van der Waals surface area contributed by atoms with E-state index in [0.29, 0.717) is 36.2 Å². The summed E-state index contributed by atoms with van der Waals surface area (Å²) in [4.78, 5) is 18.3. The fraction of sp³-hybridized carbons (Fsp3) is 0.538. The number of hydrogen-bond donors (Lipinski definition) is 2. The number of carbonyl (C=O) groups is 1. The summed E-state index contributed by atoms with van der Waals surface area (Å²) in [6.07, 6.45) is 3.63. The van der Waals surface area contributed by atoms with Crippen LogP contribution in [0.4, 0.5) is 13.2 Å². The van der Waals surface area contributed by atoms with Crippen molar-refractivity contribution >= 4 is 11.6 Å². The van der Waals surface area contributed by atoms with Crippen LogP contribution in [-0.4, -0.2) is 31.1 Å². The molecule has 0 radical (unpaired) electrons. The summed E-state index contributed by atoms with van der Waals surface area (Å²) in [5.41, 5.74) is 11.4. The lowest BCUT2D eigenvalue weighted by Gasteiger charge is -2.18. The largest absolute Gasteiger partial charge is 0.572 e. The summed E-state index contributed by atoms with van der Waals surface area (Å²) in [6.45, 7) is 11.2. The molecule has 2 N–H and O–H groups in total. The Hall–Kier alpha value is -3.17. The Bertz CT molecular complexity index is 973. The molecule has 0 heterocycles. The van der Waals surface area contributed by atoms with Crippen LogP contribution < -0.4 is 5.32 Å². The second kappa shape index (κ2) is 15.1. The second-order valence-corrected chi connectivity index (χ2v) is 8.51. The smallest absolute Gasteiger partial charge is 0.410 e. The first-order valence-corrected chi connectivity index (χ1v) is 12.0. The first-order valence-electron chi connectivity index (χ1n) is 12.0. The van der Waals surface area contributed by atoms with E-state index in [1.54, 1.807) is 26.8 Å². The lowest BCUT2D eigenvalue weighted by molar-refractivity contribution is -0.306. The molecular formula is C26H37F3N4O3. The molecule has 7 nitrogen and oxygen atoms in total. The number of amides is 1. The van der Waals surface area contributed by atoms with Gasteiger partial charge in [-0.25, -0.2) is 5.53 Å². The van der Waals surface area contributed by atoms with Crippen LogP contribution in [0.25, 0.3) is 0 Å². The molecule has 0 aromatic carbocycles. The number of carbonyl (C=O) groups excluding carboxylic acids is 1. The van der Waals surface area contributed by atoms with Crippen molar-refractivity contribution in [1.29, 1.82) is 5.53 Å². The van der Waals surface area contributed by atoms with E-state index in [-0.39, 0.29) is 37.2 Å². The van der Waals surface area contributed by atoms with Gasteiger partial charge in [-0.3, -0.25) is 4.79 Å². The molecule has 1 aliphatic rings. The van der Waals surface area contributed by atoms with Crippen molar-refractivity contribution < 1.29 is 27.5 Å². The third-order valence-electron chi connectivity index (χ3n) is 5.57. The minimum atomic E-state index is -4.77. The van der Waals surface area contributed by atoms with Crippen LogP contribution >= 0.6 is 0 Å². The van der Waals surface area contributed by atoms with Gasteiger partial charge in [0.15, 0.2) is 0 Å². The average molecular weight is 511 g/mol. The van der Waals surface area contributed by atoms with Gasteiger partial charge in [-0.2, -0.15) is 5.11 Å². The van der Waals surface area contributed by atoms with Crippen LogP contribution in [0.15, 0.2) is 68.3 Å². The topological polar surface area (TPSA) is 96.1 Å². The van der Waals surface area contributed by atoms with Gasteiger partial charge in [-0.1, -0.05) is 49.2 Å². The zero-order chi connectivity index (χ0) is 27.3. The van der Waals surface area contributed by atoms with Crippen LogP contribution in [0.2, 0.25) is 0 Å². The number of nitrogens with zero attached hydrogens (tertiary/aromatic N) is 2. The molecule has 1 aliphatic carbocycles. The molecule has 0 fully saturated rings. The number of rotatable bonds is 13. The number of alkyl halides is 3. The SMILES string of the molecule is C/C=C(\C=C(/CC)OC(F)(F)F)C(/CC)=N/OCC1=C(C)CC(C)=CC=C1NC(=O)[C@@H](C)CCN=N. The Balaban J connectivity index is 3.11. The van der Waals surface area contributed by atoms with Gasteiger partial charge in [0.05, 0.1) is 12.3 Å². The maximum atomic E-state index is 12.7. The highest BCUT2D eigenvalue weighted by Crippen LogP contribution is 2.25. The first kappa shape index (κ1) is 30.9. The molecule has 0 unspecified atom stereocenters. The summed E-state index contributed by atoms with van der Waals surface area (Å²) >= 11 is 0. The molecule has 0 aromatic heterocycles. The summed E-state index contributed by atoms with van der Waals surface area (Å²) in [6, 6.07) is 0. The predicted molar refractivity (Wildman–Crippen MR) is 134 cm³/mol. The van der Waals surface area contributed by atoms with E-state index in [4.69, 9.17) is 10.4 Å². The number of halogens is 3. The standard InChI is InChI=1S/C26H37F3N4O3/c1-7-20(15-21(8-2)36-26(27,28)29)23(9-3)33-35-16-22-19(6)14-17(4)10-11-24(22)32-25(34)18(5)12-13-31-30/h7,10-11,15,18,30H,8-9,12-14,16H2,1-6H3,(H,32,34)/b20-7+,21-15+,31-30?,33-23+/t18-/m0/s1. The van der Waals surface area contributed by atoms with E-state index >= 15 is 0 Å². The minimum absolute atomic E-state index is 0.0648. The zero-order valence-corrected chi connectivity index (χ0v) is 21.9. The highest BCUT2D eigenvalue weighted by atomic mass is 19.4. The number of oxime groups is 1. The van der Waals surface area contributed by atoms with Crippen molar-refractivity contribution in [2.75, 3.05) is 13.2 Å². The summed E-state index contributed by atoms with van der Waals surface area (Å²) in [5.74, 6) is -0.726. The second-order valence-electron chi connectivity index (χ2n) is 8.51. The summed E-state index contributed by atoms with van der Waals surface area (Å²) in [7, 11) is 0. The van der Waals surface area contributed by atoms with Crippen LogP contribution in [0.1, 0.15) is 67.2 Å². The Morgan fingerprint density at radius 3 is 2.50 bits per heavy atom. The molecule has 200 valence electrons. The highest BCUT2D eigenvalue weighted by Gasteiger charge is 2.31. The quantitative estimate of drug-likeness (QED) is 0.0896. The van der Waals surface area contributed by atoms with Gasteiger partial charge in [0.25, 0.3) is 0 Å². The van der Waals surface area contributed by atoms with Crippen molar-refractivity contribution in [3.05, 3.63) is 58.1 Å². The Morgan fingerprint density at radius 1 is 1.25 bits per heavy atom. The lowest BCUT2D eigenvalue weighted by Crippen LogP contribution is -2.30. The zero-order valence-electron chi connectivity index (χ0n) is 21.9. The molecule has 0 bridgehead atoms. The molecule has 1 atom stereocenters. The summed E-state index contributed by atoms with van der Waals surface area (Å²) in [5, 5.41) is 10.5. The van der Waals surface area contributed by atoms with Crippen molar-refractivity contribution in [2.24, 2.45) is 16.2 Å². The third kappa shape index (κ3) is 10.6. The van der Waals surface area contributed by atoms with Gasteiger partial charge in [0.2, 0.25) is 5.91 Å². The van der Waals surface area contributed by atoms with Gasteiger partial charge < -0.3 is 14.9 Å². The van der Waals surface area contributed by atoms with Crippen molar-refractivity contribution in [2.45, 2.75) is 73.6 Å². The van der Waals surface area contributed by atoms with Crippen molar-refractivity contribution in [3.8, 4) is 0 Å². The molecule has 10 heteroatoms. The van der Waals surface area contributed by atoms with E-state index in [2.05, 4.69) is 20.3 Å². The maximum absolute atomic E-state index is 12.7. The minimum Gasteiger partial charge on any atom is -0.410 e. The van der Waals surface area contributed by atoms with Gasteiger partial charge in [-0.05, 0) is 57.8 Å². The Labute approximate surface area is 211 Å². The molecule has 0 saturated carbocycles. The average Bonchev–Trinajstić information content (AvgIpc) is 2.94. The molecular weight excluding hydrogens is 473 g/mol. The van der Waals surface area contributed by atoms with Gasteiger partial charge in [0, 0.05) is 23.6 Å². The van der Waals surface area contributed by atoms with E-state index in [0.717, 1.165) is 16.7 Å². The number of hydrogen-bond acceptors (Lipinski definition) is 6. The molecule has 1 rings (SSSR count).